The third-order valence-corrected chi connectivity index (χ3v) is 9.21. The van der Waals surface area contributed by atoms with Gasteiger partial charge in [0.15, 0.2) is 16.9 Å². The van der Waals surface area contributed by atoms with Crippen molar-refractivity contribution < 1.29 is 13.9 Å². The van der Waals surface area contributed by atoms with E-state index in [2.05, 4.69) is 60.9 Å². The van der Waals surface area contributed by atoms with E-state index >= 15 is 0 Å². The number of aromatic nitrogens is 3. The summed E-state index contributed by atoms with van der Waals surface area (Å²) in [6.45, 7) is 4.54. The van der Waals surface area contributed by atoms with Crippen LogP contribution in [0.4, 0.5) is 4.39 Å². The zero-order valence-corrected chi connectivity index (χ0v) is 24.5. The number of benzene rings is 5. The molecule has 0 radical (unpaired) electrons. The lowest BCUT2D eigenvalue weighted by Crippen LogP contribution is -2.14. The first-order valence-electron chi connectivity index (χ1n) is 14.9. The average molecular weight is 588 g/mol. The van der Waals surface area contributed by atoms with Crippen molar-refractivity contribution in [1.29, 1.82) is 0 Å². The largest absolute Gasteiger partial charge is 0.504 e. The molecule has 216 valence electrons. The summed E-state index contributed by atoms with van der Waals surface area (Å²) >= 11 is 0. The molecule has 5 aromatic carbocycles. The molecule has 0 atom stereocenters. The molecule has 9 rings (SSSR count). The van der Waals surface area contributed by atoms with Crippen molar-refractivity contribution in [2.45, 2.75) is 19.3 Å². The van der Waals surface area contributed by atoms with Crippen molar-refractivity contribution >= 4 is 33.0 Å². The highest BCUT2D eigenvalue weighted by molar-refractivity contribution is 6.10. The quantitative estimate of drug-likeness (QED) is 0.223. The number of furan rings is 1. The molecule has 1 aliphatic rings. The van der Waals surface area contributed by atoms with Crippen LogP contribution in [0, 0.1) is 5.82 Å². The summed E-state index contributed by atoms with van der Waals surface area (Å²) < 4.78 is 23.4. The van der Waals surface area contributed by atoms with Crippen LogP contribution >= 0.6 is 0 Å². The van der Waals surface area contributed by atoms with Crippen LogP contribution in [0.1, 0.15) is 25.0 Å². The number of para-hydroxylation sites is 1. The van der Waals surface area contributed by atoms with Gasteiger partial charge in [-0.05, 0) is 35.4 Å². The van der Waals surface area contributed by atoms with Gasteiger partial charge in [0.2, 0.25) is 5.95 Å². The van der Waals surface area contributed by atoms with Crippen LogP contribution in [-0.2, 0) is 5.41 Å². The molecule has 1 aliphatic carbocycles. The highest BCUT2D eigenvalue weighted by Gasteiger charge is 2.41. The van der Waals surface area contributed by atoms with Gasteiger partial charge in [0.25, 0.3) is 0 Å². The van der Waals surface area contributed by atoms with Gasteiger partial charge in [-0.25, -0.2) is 14.4 Å². The smallest absolute Gasteiger partial charge is 0.236 e. The van der Waals surface area contributed by atoms with Crippen molar-refractivity contribution in [3.8, 4) is 45.3 Å². The van der Waals surface area contributed by atoms with Crippen LogP contribution in [0.15, 0.2) is 120 Å². The van der Waals surface area contributed by atoms with Gasteiger partial charge in [-0.2, -0.15) is 0 Å². The molecule has 0 saturated carbocycles. The van der Waals surface area contributed by atoms with E-state index in [1.165, 1.54) is 17.2 Å². The molecule has 6 heteroatoms. The van der Waals surface area contributed by atoms with Gasteiger partial charge in [0, 0.05) is 33.1 Å². The monoisotopic (exact) mass is 587 g/mol. The Kier molecular flexibility index (Phi) is 5.22. The molecule has 0 bridgehead atoms. The fraction of sp³-hybridized carbons (Fsp3) is 0.0769. The first-order valence-corrected chi connectivity index (χ1v) is 14.9. The van der Waals surface area contributed by atoms with Gasteiger partial charge in [-0.15, -0.1) is 0 Å². The third kappa shape index (κ3) is 3.48. The summed E-state index contributed by atoms with van der Waals surface area (Å²) in [6.07, 6.45) is 0. The molecule has 0 saturated heterocycles. The summed E-state index contributed by atoms with van der Waals surface area (Å²) in [5.41, 5.74) is 8.90. The van der Waals surface area contributed by atoms with Gasteiger partial charge in [-0.1, -0.05) is 105 Å². The predicted octanol–water partition coefficient (Wildman–Crippen LogP) is 9.80. The summed E-state index contributed by atoms with van der Waals surface area (Å²) in [4.78, 5) is 10.4. The van der Waals surface area contributed by atoms with E-state index in [0.717, 1.165) is 27.7 Å². The van der Waals surface area contributed by atoms with E-state index in [0.29, 0.717) is 39.3 Å². The molecular formula is C39H26FN3O2. The number of fused-ring (bicyclic) bond motifs is 8. The molecule has 0 spiro atoms. The van der Waals surface area contributed by atoms with Gasteiger partial charge < -0.3 is 9.52 Å². The van der Waals surface area contributed by atoms with E-state index in [4.69, 9.17) is 14.4 Å². The number of hydrogen-bond donors (Lipinski definition) is 1. The second-order valence-electron chi connectivity index (χ2n) is 12.1. The molecule has 1 N–H and O–H groups in total. The van der Waals surface area contributed by atoms with Crippen molar-refractivity contribution in [3.05, 3.63) is 132 Å². The Hall–Kier alpha value is -5.75. The molecule has 45 heavy (non-hydrogen) atoms. The van der Waals surface area contributed by atoms with Crippen molar-refractivity contribution in [2.24, 2.45) is 0 Å². The maximum atomic E-state index is 14.8. The molecule has 5 nitrogen and oxygen atoms in total. The van der Waals surface area contributed by atoms with Crippen molar-refractivity contribution in [3.63, 3.8) is 0 Å². The lowest BCUT2D eigenvalue weighted by molar-refractivity contribution is 0.470. The average Bonchev–Trinajstić information content (AvgIpc) is 3.69. The third-order valence-electron chi connectivity index (χ3n) is 9.21. The van der Waals surface area contributed by atoms with Crippen LogP contribution in [0.25, 0.3) is 72.6 Å². The minimum absolute atomic E-state index is 0.140. The lowest BCUT2D eigenvalue weighted by atomic mass is 9.81. The Morgan fingerprint density at radius 3 is 2.22 bits per heavy atom. The molecule has 3 heterocycles. The Balaban J connectivity index is 1.40. The van der Waals surface area contributed by atoms with Gasteiger partial charge in [-0.3, -0.25) is 4.57 Å². The number of phenolic OH excluding ortho intramolecular Hbond substituents is 1. The first kappa shape index (κ1) is 25.7. The minimum atomic E-state index is -0.424. The second-order valence-corrected chi connectivity index (χ2v) is 12.1. The molecule has 8 aromatic rings. The fourth-order valence-corrected chi connectivity index (χ4v) is 7.17. The van der Waals surface area contributed by atoms with E-state index in [1.54, 1.807) is 24.3 Å². The van der Waals surface area contributed by atoms with Crippen molar-refractivity contribution in [1.82, 2.24) is 14.5 Å². The molecule has 0 aliphatic heterocycles. The Bertz CT molecular complexity index is 2490. The summed E-state index contributed by atoms with van der Waals surface area (Å²) in [6, 6.07) is 36.7. The number of halogens is 1. The minimum Gasteiger partial charge on any atom is -0.504 e. The van der Waals surface area contributed by atoms with Crippen LogP contribution in [0.3, 0.4) is 0 Å². The van der Waals surface area contributed by atoms with E-state index in [-0.39, 0.29) is 16.7 Å². The Morgan fingerprint density at radius 1 is 0.689 bits per heavy atom. The van der Waals surface area contributed by atoms with Crippen LogP contribution in [-0.4, -0.2) is 19.6 Å². The standard InChI is InChI=1S/C39H26FN3O2/c1-39(2)28-17-9-6-15-25(28)34-31(39)26-16-8-11-19-30(26)43(34)38-41-32(22-12-4-3-5-13-22)37-33(42-38)27-21-20-24(35(44)36(27)45-37)23-14-7-10-18-29(23)40/h3-21,44H,1-2H3. The predicted molar refractivity (Wildman–Crippen MR) is 176 cm³/mol. The summed E-state index contributed by atoms with van der Waals surface area (Å²) in [5.74, 6) is -0.0577. The Labute approximate surface area is 257 Å². The van der Waals surface area contributed by atoms with E-state index in [9.17, 15) is 9.50 Å². The van der Waals surface area contributed by atoms with Gasteiger partial charge in [0.1, 0.15) is 17.0 Å². The highest BCUT2D eigenvalue weighted by atomic mass is 19.1. The van der Waals surface area contributed by atoms with Crippen LogP contribution in [0.2, 0.25) is 0 Å². The van der Waals surface area contributed by atoms with E-state index < -0.39 is 5.82 Å². The van der Waals surface area contributed by atoms with Crippen LogP contribution < -0.4 is 0 Å². The van der Waals surface area contributed by atoms with E-state index in [1.807, 2.05) is 42.5 Å². The Morgan fingerprint density at radius 2 is 1.40 bits per heavy atom. The van der Waals surface area contributed by atoms with Gasteiger partial charge >= 0.3 is 0 Å². The highest BCUT2D eigenvalue weighted by Crippen LogP contribution is 2.53. The zero-order valence-electron chi connectivity index (χ0n) is 24.5. The van der Waals surface area contributed by atoms with Gasteiger partial charge in [0.05, 0.1) is 16.6 Å². The molecule has 0 unspecified atom stereocenters. The number of rotatable bonds is 3. The second kappa shape index (κ2) is 9.13. The van der Waals surface area contributed by atoms with Crippen molar-refractivity contribution in [2.75, 3.05) is 0 Å². The maximum Gasteiger partial charge on any atom is 0.236 e. The topological polar surface area (TPSA) is 64.1 Å². The fourth-order valence-electron chi connectivity index (χ4n) is 7.17. The molecule has 3 aromatic heterocycles. The van der Waals surface area contributed by atoms with Crippen LogP contribution in [0.5, 0.6) is 5.75 Å². The number of phenols is 1. The summed E-state index contributed by atoms with van der Waals surface area (Å²) in [5, 5.41) is 13.2. The molecule has 0 fully saturated rings. The molecule has 0 amide bonds. The number of nitrogens with zero attached hydrogens (tertiary/aromatic N) is 3. The maximum absolute atomic E-state index is 14.8. The SMILES string of the molecule is CC1(C)c2ccccc2-c2c1c1ccccc1n2-c1nc(-c2ccccc2)c2oc3c(O)c(-c4ccccc4F)ccc3c2n1. The zero-order chi connectivity index (χ0) is 30.4. The number of hydrogen-bond acceptors (Lipinski definition) is 4. The lowest BCUT2D eigenvalue weighted by Gasteiger charge is -2.21. The first-order chi connectivity index (χ1) is 21.9. The number of aromatic hydroxyl groups is 1. The summed E-state index contributed by atoms with van der Waals surface area (Å²) in [7, 11) is 0. The normalized spacial score (nSPS) is 13.5. The molecular weight excluding hydrogens is 561 g/mol.